The number of amides is 3. The van der Waals surface area contributed by atoms with Crippen LogP contribution in [-0.2, 0) is 14.3 Å². The first-order chi connectivity index (χ1) is 20.0. The Hall–Kier alpha value is -3.06. The van der Waals surface area contributed by atoms with Gasteiger partial charge in [-0.15, -0.1) is 0 Å². The van der Waals surface area contributed by atoms with Crippen LogP contribution in [-0.4, -0.2) is 40.5 Å². The molecule has 3 amide bonds. The standard InChI is InChI=1S/C35H52ClN3O4/c1-12-22(4)30(38-34(42)43-35(9,10)11)33(41)39(26(8)20-19-21(2)3)31(28-23(5)15-13-16-24(28)6)32(40)37-29-25(7)17-14-18-27(29)36/h13-18,21-22,26,30-31H,12,19-20H2,1-11H3,(H,37,40)(H,38,42). The van der Waals surface area contributed by atoms with Gasteiger partial charge >= 0.3 is 6.09 Å². The Kier molecular flexibility index (Phi) is 13.1. The van der Waals surface area contributed by atoms with Gasteiger partial charge in [-0.1, -0.05) is 76.0 Å². The van der Waals surface area contributed by atoms with E-state index in [0.29, 0.717) is 29.5 Å². The van der Waals surface area contributed by atoms with E-state index in [9.17, 15) is 14.4 Å². The second kappa shape index (κ2) is 15.6. The average Bonchev–Trinajstić information content (AvgIpc) is 2.90. The highest BCUT2D eigenvalue weighted by Gasteiger charge is 2.41. The molecule has 0 spiro atoms. The van der Waals surface area contributed by atoms with E-state index in [1.54, 1.807) is 31.7 Å². The molecular formula is C35H52ClN3O4. The molecule has 0 saturated heterocycles. The number of nitrogens with one attached hydrogen (secondary N) is 2. The largest absolute Gasteiger partial charge is 0.444 e. The number of benzene rings is 2. The molecule has 0 saturated carbocycles. The third kappa shape index (κ3) is 9.99. The molecular weight excluding hydrogens is 562 g/mol. The molecule has 7 nitrogen and oxygen atoms in total. The van der Waals surface area contributed by atoms with Crippen LogP contribution in [0.4, 0.5) is 10.5 Å². The zero-order valence-corrected chi connectivity index (χ0v) is 28.7. The topological polar surface area (TPSA) is 87.7 Å². The molecule has 0 heterocycles. The van der Waals surface area contributed by atoms with Gasteiger partial charge < -0.3 is 20.3 Å². The highest BCUT2D eigenvalue weighted by Crippen LogP contribution is 2.35. The molecule has 2 aromatic rings. The van der Waals surface area contributed by atoms with Gasteiger partial charge in [-0.25, -0.2) is 4.79 Å². The summed E-state index contributed by atoms with van der Waals surface area (Å²) < 4.78 is 5.55. The Bertz CT molecular complexity index is 1230. The van der Waals surface area contributed by atoms with Gasteiger partial charge in [0, 0.05) is 6.04 Å². The number of ether oxygens (including phenoxy) is 1. The first-order valence-corrected chi connectivity index (χ1v) is 15.8. The number of nitrogens with zero attached hydrogens (tertiary/aromatic N) is 1. The molecule has 8 heteroatoms. The predicted molar refractivity (Wildman–Crippen MR) is 176 cm³/mol. The lowest BCUT2D eigenvalue weighted by molar-refractivity contribution is -0.144. The first-order valence-electron chi connectivity index (χ1n) is 15.4. The summed E-state index contributed by atoms with van der Waals surface area (Å²) in [5.41, 5.74) is 3.14. The van der Waals surface area contributed by atoms with Crippen LogP contribution in [0.15, 0.2) is 36.4 Å². The molecule has 0 aromatic heterocycles. The molecule has 2 aromatic carbocycles. The van der Waals surface area contributed by atoms with Gasteiger partial charge in [-0.05, 0) is 101 Å². The summed E-state index contributed by atoms with van der Waals surface area (Å²) in [6, 6.07) is 9.11. The van der Waals surface area contributed by atoms with Crippen LogP contribution in [0, 0.1) is 32.6 Å². The Labute approximate surface area is 264 Å². The highest BCUT2D eigenvalue weighted by molar-refractivity contribution is 6.34. The molecule has 0 aliphatic rings. The Morgan fingerprint density at radius 3 is 1.98 bits per heavy atom. The first kappa shape index (κ1) is 36.1. The van der Waals surface area contributed by atoms with E-state index in [1.165, 1.54) is 0 Å². The molecule has 0 bridgehead atoms. The average molecular weight is 614 g/mol. The summed E-state index contributed by atoms with van der Waals surface area (Å²) >= 11 is 6.54. The lowest BCUT2D eigenvalue weighted by Gasteiger charge is -2.40. The minimum atomic E-state index is -0.974. The molecule has 0 radical (unpaired) electrons. The zero-order chi connectivity index (χ0) is 32.6. The normalized spacial score (nSPS) is 14.4. The van der Waals surface area contributed by atoms with Crippen molar-refractivity contribution in [1.82, 2.24) is 10.2 Å². The van der Waals surface area contributed by atoms with Crippen molar-refractivity contribution in [3.8, 4) is 0 Å². The van der Waals surface area contributed by atoms with Crippen molar-refractivity contribution in [2.75, 3.05) is 5.32 Å². The van der Waals surface area contributed by atoms with E-state index in [1.807, 2.05) is 71.9 Å². The predicted octanol–water partition coefficient (Wildman–Crippen LogP) is 8.54. The van der Waals surface area contributed by atoms with E-state index >= 15 is 0 Å². The number of anilines is 1. The van der Waals surface area contributed by atoms with Crippen molar-refractivity contribution in [1.29, 1.82) is 0 Å². The second-order valence-corrected chi connectivity index (χ2v) is 13.6. The number of hydrogen-bond donors (Lipinski definition) is 2. The molecule has 2 rings (SSSR count). The van der Waals surface area contributed by atoms with Crippen molar-refractivity contribution >= 4 is 35.2 Å². The van der Waals surface area contributed by atoms with Gasteiger partial charge in [0.1, 0.15) is 17.7 Å². The smallest absolute Gasteiger partial charge is 0.408 e. The second-order valence-electron chi connectivity index (χ2n) is 13.2. The third-order valence-electron chi connectivity index (χ3n) is 7.85. The maximum absolute atomic E-state index is 14.8. The molecule has 2 N–H and O–H groups in total. The van der Waals surface area contributed by atoms with Crippen molar-refractivity contribution in [3.63, 3.8) is 0 Å². The lowest BCUT2D eigenvalue weighted by Crippen LogP contribution is -2.57. The minimum Gasteiger partial charge on any atom is -0.444 e. The van der Waals surface area contributed by atoms with Gasteiger partial charge in [0.15, 0.2) is 0 Å². The fraction of sp³-hybridized carbons (Fsp3) is 0.571. The molecule has 0 aliphatic carbocycles. The SMILES string of the molecule is CCC(C)C(NC(=O)OC(C)(C)C)C(=O)N(C(C)CCC(C)C)C(C(=O)Nc1c(C)cccc1Cl)c1c(C)cccc1C. The molecule has 4 atom stereocenters. The quantitative estimate of drug-likeness (QED) is 0.251. The van der Waals surface area contributed by atoms with Crippen LogP contribution in [0.25, 0.3) is 0 Å². The molecule has 4 unspecified atom stereocenters. The van der Waals surface area contributed by atoms with Crippen LogP contribution in [0.5, 0.6) is 0 Å². The lowest BCUT2D eigenvalue weighted by atomic mass is 9.90. The van der Waals surface area contributed by atoms with Crippen LogP contribution >= 0.6 is 11.6 Å². The van der Waals surface area contributed by atoms with Crippen LogP contribution < -0.4 is 10.6 Å². The number of aryl methyl sites for hydroxylation is 3. The van der Waals surface area contributed by atoms with Gasteiger partial charge in [0.2, 0.25) is 5.91 Å². The molecule has 43 heavy (non-hydrogen) atoms. The molecule has 0 aliphatic heterocycles. The van der Waals surface area contributed by atoms with E-state index in [4.69, 9.17) is 16.3 Å². The molecule has 238 valence electrons. The van der Waals surface area contributed by atoms with Crippen molar-refractivity contribution < 1.29 is 19.1 Å². The van der Waals surface area contributed by atoms with Crippen molar-refractivity contribution in [3.05, 3.63) is 63.7 Å². The maximum Gasteiger partial charge on any atom is 0.408 e. The summed E-state index contributed by atoms with van der Waals surface area (Å²) in [6.45, 7) is 21.3. The number of carbonyl (C=O) groups is 3. The number of para-hydroxylation sites is 1. The third-order valence-corrected chi connectivity index (χ3v) is 8.17. The Morgan fingerprint density at radius 1 is 0.907 bits per heavy atom. The van der Waals surface area contributed by atoms with Crippen LogP contribution in [0.3, 0.4) is 0 Å². The summed E-state index contributed by atoms with van der Waals surface area (Å²) in [5.74, 6) is -0.496. The fourth-order valence-corrected chi connectivity index (χ4v) is 5.50. The summed E-state index contributed by atoms with van der Waals surface area (Å²) in [6.07, 6.45) is 1.52. The van der Waals surface area contributed by atoms with Crippen LogP contribution in [0.1, 0.15) is 103 Å². The van der Waals surface area contributed by atoms with E-state index in [2.05, 4.69) is 24.5 Å². The number of carbonyl (C=O) groups excluding carboxylic acids is 3. The molecule has 0 fully saturated rings. The Balaban J connectivity index is 2.77. The van der Waals surface area contributed by atoms with Gasteiger partial charge in [-0.2, -0.15) is 0 Å². The number of halogens is 1. The van der Waals surface area contributed by atoms with Crippen LogP contribution in [0.2, 0.25) is 5.02 Å². The summed E-state index contributed by atoms with van der Waals surface area (Å²) in [4.78, 5) is 44.0. The van der Waals surface area contributed by atoms with Gasteiger partial charge in [0.25, 0.3) is 5.91 Å². The van der Waals surface area contributed by atoms with Crippen molar-refractivity contribution in [2.45, 2.75) is 119 Å². The number of hydrogen-bond acceptors (Lipinski definition) is 4. The number of rotatable bonds is 12. The van der Waals surface area contributed by atoms with E-state index < -0.39 is 23.8 Å². The Morgan fingerprint density at radius 2 is 1.47 bits per heavy atom. The summed E-state index contributed by atoms with van der Waals surface area (Å²) in [7, 11) is 0. The maximum atomic E-state index is 14.8. The fourth-order valence-electron chi connectivity index (χ4n) is 5.23. The minimum absolute atomic E-state index is 0.215. The number of alkyl carbamates (subject to hydrolysis) is 1. The van der Waals surface area contributed by atoms with Gasteiger partial charge in [-0.3, -0.25) is 9.59 Å². The summed E-state index contributed by atoms with van der Waals surface area (Å²) in [5, 5.41) is 6.35. The van der Waals surface area contributed by atoms with Crippen molar-refractivity contribution in [2.24, 2.45) is 11.8 Å². The van der Waals surface area contributed by atoms with E-state index in [0.717, 1.165) is 28.7 Å². The monoisotopic (exact) mass is 613 g/mol. The van der Waals surface area contributed by atoms with Gasteiger partial charge in [0.05, 0.1) is 10.7 Å². The van der Waals surface area contributed by atoms with E-state index in [-0.39, 0.29) is 23.8 Å². The zero-order valence-electron chi connectivity index (χ0n) is 27.9. The highest BCUT2D eigenvalue weighted by atomic mass is 35.5.